The van der Waals surface area contributed by atoms with Crippen molar-refractivity contribution in [2.75, 3.05) is 13.2 Å². The molecule has 2 fully saturated rings. The summed E-state index contributed by atoms with van der Waals surface area (Å²) in [7, 11) is 0. The Hall–Kier alpha value is -0.870. The van der Waals surface area contributed by atoms with Crippen LogP contribution in [0.2, 0.25) is 0 Å². The minimum atomic E-state index is -0.648. The van der Waals surface area contributed by atoms with Crippen molar-refractivity contribution in [3.63, 3.8) is 0 Å². The van der Waals surface area contributed by atoms with E-state index in [0.29, 0.717) is 13.2 Å². The molecule has 1 aromatic heterocycles. The van der Waals surface area contributed by atoms with Crippen molar-refractivity contribution < 1.29 is 14.6 Å². The van der Waals surface area contributed by atoms with Crippen molar-refractivity contribution in [3.05, 3.63) is 21.9 Å². The van der Waals surface area contributed by atoms with Crippen molar-refractivity contribution >= 4 is 17.3 Å². The smallest absolute Gasteiger partial charge is 0.306 e. The van der Waals surface area contributed by atoms with E-state index in [9.17, 15) is 4.79 Å². The molecule has 1 aliphatic carbocycles. The zero-order valence-electron chi connectivity index (χ0n) is 9.10. The van der Waals surface area contributed by atoms with Gasteiger partial charge in [0, 0.05) is 4.88 Å². The molecule has 2 aliphatic rings. The molecule has 1 saturated carbocycles. The average molecular weight is 238 g/mol. The van der Waals surface area contributed by atoms with Crippen molar-refractivity contribution in [2.45, 2.75) is 18.8 Å². The largest absolute Gasteiger partial charge is 0.481 e. The van der Waals surface area contributed by atoms with Crippen LogP contribution in [0.15, 0.2) is 11.4 Å². The van der Waals surface area contributed by atoms with Crippen LogP contribution in [0.25, 0.3) is 0 Å². The summed E-state index contributed by atoms with van der Waals surface area (Å²) in [5, 5.41) is 11.1. The van der Waals surface area contributed by atoms with Gasteiger partial charge in [-0.25, -0.2) is 0 Å². The van der Waals surface area contributed by atoms with Gasteiger partial charge in [-0.2, -0.15) is 0 Å². The number of hydrogen-bond acceptors (Lipinski definition) is 3. The predicted molar refractivity (Wildman–Crippen MR) is 60.8 cm³/mol. The van der Waals surface area contributed by atoms with Crippen LogP contribution >= 0.6 is 11.3 Å². The molecule has 0 radical (unpaired) electrons. The fourth-order valence-electron chi connectivity index (χ4n) is 2.80. The molecule has 1 aromatic rings. The van der Waals surface area contributed by atoms with Crippen LogP contribution in [-0.2, 0) is 14.9 Å². The van der Waals surface area contributed by atoms with E-state index in [1.165, 1.54) is 10.4 Å². The highest BCUT2D eigenvalue weighted by molar-refractivity contribution is 7.10. The second kappa shape index (κ2) is 3.31. The molecule has 0 spiro atoms. The van der Waals surface area contributed by atoms with Gasteiger partial charge in [-0.1, -0.05) is 0 Å². The predicted octanol–water partition coefficient (Wildman–Crippen LogP) is 2.05. The topological polar surface area (TPSA) is 46.5 Å². The zero-order valence-corrected chi connectivity index (χ0v) is 9.92. The van der Waals surface area contributed by atoms with Crippen LogP contribution in [0, 0.1) is 18.8 Å². The first kappa shape index (κ1) is 10.3. The van der Waals surface area contributed by atoms with E-state index in [-0.39, 0.29) is 17.3 Å². The SMILES string of the molecule is Cc1ccsc1C1(C2CC2C(=O)O)COC1. The summed E-state index contributed by atoms with van der Waals surface area (Å²) in [5.74, 6) is -0.507. The second-order valence-corrected chi connectivity index (χ2v) is 5.78. The quantitative estimate of drug-likeness (QED) is 0.876. The van der Waals surface area contributed by atoms with Crippen LogP contribution < -0.4 is 0 Å². The number of aliphatic carboxylic acids is 1. The molecule has 2 heterocycles. The molecule has 2 unspecified atom stereocenters. The molecule has 1 N–H and O–H groups in total. The number of carboxylic acid groups (broad SMARTS) is 1. The van der Waals surface area contributed by atoms with Crippen molar-refractivity contribution in [3.8, 4) is 0 Å². The first-order chi connectivity index (χ1) is 7.65. The fraction of sp³-hybridized carbons (Fsp3) is 0.583. The van der Waals surface area contributed by atoms with Gasteiger partial charge in [-0.3, -0.25) is 4.79 Å². The van der Waals surface area contributed by atoms with Gasteiger partial charge in [-0.15, -0.1) is 11.3 Å². The van der Waals surface area contributed by atoms with Crippen LogP contribution in [-0.4, -0.2) is 24.3 Å². The molecule has 0 aromatic carbocycles. The molecule has 1 aliphatic heterocycles. The minimum absolute atomic E-state index is 0.0152. The number of ether oxygens (including phenoxy) is 1. The lowest BCUT2D eigenvalue weighted by molar-refractivity contribution is -0.140. The van der Waals surface area contributed by atoms with E-state index in [1.54, 1.807) is 11.3 Å². The number of thiophene rings is 1. The summed E-state index contributed by atoms with van der Waals surface area (Å²) in [4.78, 5) is 12.3. The molecule has 3 nitrogen and oxygen atoms in total. The van der Waals surface area contributed by atoms with Gasteiger partial charge in [0.1, 0.15) is 0 Å². The van der Waals surface area contributed by atoms with Gasteiger partial charge in [-0.05, 0) is 36.3 Å². The summed E-state index contributed by atoms with van der Waals surface area (Å²) in [6.07, 6.45) is 0.816. The minimum Gasteiger partial charge on any atom is -0.481 e. The summed E-state index contributed by atoms with van der Waals surface area (Å²) >= 11 is 1.74. The first-order valence-electron chi connectivity index (χ1n) is 5.50. The third-order valence-electron chi connectivity index (χ3n) is 3.85. The maximum atomic E-state index is 11.0. The number of carboxylic acids is 1. The van der Waals surface area contributed by atoms with Crippen LogP contribution in [0.5, 0.6) is 0 Å². The summed E-state index contributed by atoms with van der Waals surface area (Å²) in [5.41, 5.74) is 1.30. The molecule has 3 rings (SSSR count). The number of aryl methyl sites for hydroxylation is 1. The number of carbonyl (C=O) groups is 1. The molecular formula is C12H14O3S. The van der Waals surface area contributed by atoms with Gasteiger partial charge in [0.25, 0.3) is 0 Å². The Balaban J connectivity index is 1.91. The Kier molecular flexibility index (Phi) is 2.13. The van der Waals surface area contributed by atoms with E-state index in [1.807, 2.05) is 0 Å². The van der Waals surface area contributed by atoms with Crippen LogP contribution in [0.3, 0.4) is 0 Å². The lowest BCUT2D eigenvalue weighted by Gasteiger charge is -2.42. The molecule has 0 bridgehead atoms. The number of hydrogen-bond donors (Lipinski definition) is 1. The van der Waals surface area contributed by atoms with E-state index in [0.717, 1.165) is 6.42 Å². The summed E-state index contributed by atoms with van der Waals surface area (Å²) < 4.78 is 5.36. The van der Waals surface area contributed by atoms with Crippen molar-refractivity contribution in [1.29, 1.82) is 0 Å². The highest BCUT2D eigenvalue weighted by Gasteiger charge is 2.61. The lowest BCUT2D eigenvalue weighted by atomic mass is 9.77. The molecular weight excluding hydrogens is 224 g/mol. The van der Waals surface area contributed by atoms with Crippen molar-refractivity contribution in [1.82, 2.24) is 0 Å². The fourth-order valence-corrected chi connectivity index (χ4v) is 3.96. The third-order valence-corrected chi connectivity index (χ3v) is 5.09. The Bertz CT molecular complexity index is 433. The monoisotopic (exact) mass is 238 g/mol. The normalized spacial score (nSPS) is 30.8. The highest BCUT2D eigenvalue weighted by atomic mass is 32.1. The zero-order chi connectivity index (χ0) is 11.3. The Labute approximate surface area is 98.0 Å². The lowest BCUT2D eigenvalue weighted by Crippen LogP contribution is -2.49. The van der Waals surface area contributed by atoms with E-state index in [4.69, 9.17) is 9.84 Å². The summed E-state index contributed by atoms with van der Waals surface area (Å²) in [6.45, 7) is 3.50. The number of rotatable bonds is 3. The average Bonchev–Trinajstić information content (AvgIpc) is 2.84. The maximum Gasteiger partial charge on any atom is 0.306 e. The first-order valence-corrected chi connectivity index (χ1v) is 6.38. The molecule has 1 saturated heterocycles. The van der Waals surface area contributed by atoms with Gasteiger partial charge >= 0.3 is 5.97 Å². The standard InChI is InChI=1S/C12H14O3S/c1-7-2-3-16-10(7)12(5-15-6-12)9-4-8(9)11(13)14/h2-3,8-9H,4-6H2,1H3,(H,13,14). The Morgan fingerprint density at radius 1 is 1.62 bits per heavy atom. The molecule has 2 atom stereocenters. The van der Waals surface area contributed by atoms with Gasteiger partial charge in [0.2, 0.25) is 0 Å². The molecule has 86 valence electrons. The Morgan fingerprint density at radius 3 is 2.75 bits per heavy atom. The van der Waals surface area contributed by atoms with Crippen molar-refractivity contribution in [2.24, 2.45) is 11.8 Å². The summed E-state index contributed by atoms with van der Waals surface area (Å²) in [6, 6.07) is 2.11. The van der Waals surface area contributed by atoms with E-state index >= 15 is 0 Å². The van der Waals surface area contributed by atoms with Crippen LogP contribution in [0.1, 0.15) is 16.9 Å². The van der Waals surface area contributed by atoms with E-state index in [2.05, 4.69) is 18.4 Å². The second-order valence-electron chi connectivity index (χ2n) is 4.87. The molecule has 16 heavy (non-hydrogen) atoms. The highest BCUT2D eigenvalue weighted by Crippen LogP contribution is 2.57. The van der Waals surface area contributed by atoms with Gasteiger partial charge in [0.15, 0.2) is 0 Å². The van der Waals surface area contributed by atoms with Crippen LogP contribution in [0.4, 0.5) is 0 Å². The molecule has 4 heteroatoms. The third kappa shape index (κ3) is 1.26. The van der Waals surface area contributed by atoms with Gasteiger partial charge in [0.05, 0.1) is 24.5 Å². The maximum absolute atomic E-state index is 11.0. The molecule has 0 amide bonds. The van der Waals surface area contributed by atoms with E-state index < -0.39 is 5.97 Å². The Morgan fingerprint density at radius 2 is 2.38 bits per heavy atom. The van der Waals surface area contributed by atoms with Gasteiger partial charge < -0.3 is 9.84 Å².